The van der Waals surface area contributed by atoms with E-state index in [9.17, 15) is 0 Å². The van der Waals surface area contributed by atoms with Gasteiger partial charge in [0.25, 0.3) is 0 Å². The van der Waals surface area contributed by atoms with Crippen LogP contribution in [0.25, 0.3) is 22.2 Å². The Balaban J connectivity index is 1.58. The minimum atomic E-state index is 0.414. The van der Waals surface area contributed by atoms with Crippen LogP contribution in [0.3, 0.4) is 0 Å². The Morgan fingerprint density at radius 3 is 2.57 bits per heavy atom. The van der Waals surface area contributed by atoms with Crippen molar-refractivity contribution in [1.82, 2.24) is 9.97 Å². The zero-order valence-electron chi connectivity index (χ0n) is 15.9. The molecule has 4 rings (SSSR count). The zero-order chi connectivity index (χ0) is 20.8. The lowest BCUT2D eigenvalue weighted by atomic mass is 10.1. The van der Waals surface area contributed by atoms with Crippen molar-refractivity contribution in [2.24, 2.45) is 5.10 Å². The maximum absolute atomic E-state index is 6.20. The van der Waals surface area contributed by atoms with E-state index in [1.807, 2.05) is 72.8 Å². The normalized spacial score (nSPS) is 11.1. The Bertz CT molecular complexity index is 1170. The minimum absolute atomic E-state index is 0.414. The number of fused-ring (bicyclic) bond motifs is 1. The van der Waals surface area contributed by atoms with Crippen molar-refractivity contribution in [3.05, 3.63) is 83.4 Å². The Labute approximate surface area is 187 Å². The summed E-state index contributed by atoms with van der Waals surface area (Å²) in [4.78, 5) is 9.23. The van der Waals surface area contributed by atoms with Crippen LogP contribution in [0.2, 0.25) is 5.02 Å². The Morgan fingerprint density at radius 2 is 1.80 bits per heavy atom. The monoisotopic (exact) mass is 480 g/mol. The van der Waals surface area contributed by atoms with Gasteiger partial charge < -0.3 is 4.74 Å². The first-order valence-electron chi connectivity index (χ1n) is 9.33. The molecule has 0 aliphatic carbocycles. The molecule has 1 N–H and O–H groups in total. The van der Waals surface area contributed by atoms with Crippen LogP contribution in [0.4, 0.5) is 5.95 Å². The molecule has 0 aliphatic heterocycles. The summed E-state index contributed by atoms with van der Waals surface area (Å²) in [5.41, 5.74) is 6.45. The maximum atomic E-state index is 6.20. The lowest BCUT2D eigenvalue weighted by Crippen LogP contribution is -2.00. The first kappa shape index (κ1) is 20.3. The van der Waals surface area contributed by atoms with E-state index in [1.165, 1.54) is 0 Å². The summed E-state index contributed by atoms with van der Waals surface area (Å²) in [6.07, 6.45) is 1.71. The van der Waals surface area contributed by atoms with Crippen LogP contribution >= 0.6 is 27.5 Å². The predicted molar refractivity (Wildman–Crippen MR) is 127 cm³/mol. The fourth-order valence-corrected chi connectivity index (χ4v) is 3.27. The van der Waals surface area contributed by atoms with Crippen LogP contribution in [0.5, 0.6) is 5.75 Å². The number of benzene rings is 3. The van der Waals surface area contributed by atoms with Crippen molar-refractivity contribution in [1.29, 1.82) is 0 Å². The highest BCUT2D eigenvalue weighted by Crippen LogP contribution is 2.29. The number of rotatable bonds is 7. The summed E-state index contributed by atoms with van der Waals surface area (Å²) in [5.74, 6) is 1.24. The molecule has 0 spiro atoms. The Kier molecular flexibility index (Phi) is 6.57. The standard InChI is InChI=1S/C23H18BrClN4O/c24-12-13-30-19-9-6-16(7-10-19)15-26-29-23-27-21-11-8-18(25)14-20(21)22(28-23)17-4-2-1-3-5-17/h1-11,14-15H,12-13H2,(H,27,28,29)/b26-15-. The highest BCUT2D eigenvalue weighted by atomic mass is 79.9. The van der Waals surface area contributed by atoms with Crippen molar-refractivity contribution >= 4 is 50.6 Å². The second kappa shape index (κ2) is 9.69. The van der Waals surface area contributed by atoms with E-state index in [0.29, 0.717) is 17.6 Å². The molecule has 0 unspecified atom stereocenters. The van der Waals surface area contributed by atoms with Crippen molar-refractivity contribution in [2.75, 3.05) is 17.4 Å². The zero-order valence-corrected chi connectivity index (χ0v) is 18.3. The SMILES string of the molecule is Clc1ccc2nc(N/N=C\c3ccc(OCCBr)cc3)nc(-c3ccccc3)c2c1. The molecule has 0 bridgehead atoms. The number of nitrogens with zero attached hydrogens (tertiary/aromatic N) is 3. The fraction of sp³-hybridized carbons (Fsp3) is 0.0870. The van der Waals surface area contributed by atoms with E-state index >= 15 is 0 Å². The number of anilines is 1. The summed E-state index contributed by atoms with van der Waals surface area (Å²) in [6, 6.07) is 23.2. The Morgan fingerprint density at radius 1 is 1.00 bits per heavy atom. The number of hydrogen-bond donors (Lipinski definition) is 1. The number of halogens is 2. The van der Waals surface area contributed by atoms with Gasteiger partial charge in [0.15, 0.2) is 0 Å². The van der Waals surface area contributed by atoms with E-state index in [-0.39, 0.29) is 0 Å². The molecular formula is C23H18BrClN4O. The molecule has 0 radical (unpaired) electrons. The third-order valence-electron chi connectivity index (χ3n) is 4.31. The molecule has 30 heavy (non-hydrogen) atoms. The molecule has 1 heterocycles. The molecule has 4 aromatic rings. The lowest BCUT2D eigenvalue weighted by molar-refractivity contribution is 0.345. The van der Waals surface area contributed by atoms with Crippen LogP contribution in [-0.4, -0.2) is 28.1 Å². The topological polar surface area (TPSA) is 59.4 Å². The molecule has 0 saturated heterocycles. The van der Waals surface area contributed by atoms with Gasteiger partial charge in [-0.2, -0.15) is 5.10 Å². The van der Waals surface area contributed by atoms with E-state index in [4.69, 9.17) is 16.3 Å². The van der Waals surface area contributed by atoms with Gasteiger partial charge in [-0.1, -0.05) is 57.9 Å². The molecule has 7 heteroatoms. The first-order valence-corrected chi connectivity index (χ1v) is 10.8. The van der Waals surface area contributed by atoms with Gasteiger partial charge in [0, 0.05) is 21.3 Å². The average molecular weight is 482 g/mol. The quantitative estimate of drug-likeness (QED) is 0.195. The van der Waals surface area contributed by atoms with E-state index < -0.39 is 0 Å². The number of hydrogen-bond acceptors (Lipinski definition) is 5. The molecule has 150 valence electrons. The summed E-state index contributed by atoms with van der Waals surface area (Å²) in [7, 11) is 0. The summed E-state index contributed by atoms with van der Waals surface area (Å²) in [5, 5.41) is 6.62. The van der Waals surface area contributed by atoms with Crippen LogP contribution in [0, 0.1) is 0 Å². The maximum Gasteiger partial charge on any atom is 0.244 e. The first-order chi connectivity index (χ1) is 14.7. The molecular weight excluding hydrogens is 464 g/mol. The van der Waals surface area contributed by atoms with Gasteiger partial charge in [-0.15, -0.1) is 0 Å². The molecule has 0 atom stereocenters. The smallest absolute Gasteiger partial charge is 0.244 e. The number of aromatic nitrogens is 2. The lowest BCUT2D eigenvalue weighted by Gasteiger charge is -2.09. The highest BCUT2D eigenvalue weighted by Gasteiger charge is 2.10. The number of hydrazone groups is 1. The minimum Gasteiger partial charge on any atom is -0.493 e. The van der Waals surface area contributed by atoms with Crippen molar-refractivity contribution in [3.8, 4) is 17.0 Å². The average Bonchev–Trinajstić information content (AvgIpc) is 2.79. The third kappa shape index (κ3) is 4.96. The molecule has 0 fully saturated rings. The molecule has 5 nitrogen and oxygen atoms in total. The molecule has 0 saturated carbocycles. The van der Waals surface area contributed by atoms with Gasteiger partial charge in [0.05, 0.1) is 24.0 Å². The third-order valence-corrected chi connectivity index (χ3v) is 4.87. The van der Waals surface area contributed by atoms with Gasteiger partial charge in [-0.05, 0) is 48.0 Å². The molecule has 0 aliphatic rings. The number of alkyl halides is 1. The van der Waals surface area contributed by atoms with Crippen LogP contribution < -0.4 is 10.2 Å². The van der Waals surface area contributed by atoms with E-state index in [2.05, 4.69) is 36.4 Å². The van der Waals surface area contributed by atoms with Crippen LogP contribution in [-0.2, 0) is 0 Å². The second-order valence-corrected chi connectivity index (χ2v) is 7.63. The van der Waals surface area contributed by atoms with Crippen LogP contribution in [0.15, 0.2) is 77.9 Å². The molecule has 3 aromatic carbocycles. The molecule has 1 aromatic heterocycles. The summed E-state index contributed by atoms with van der Waals surface area (Å²) >= 11 is 9.55. The van der Waals surface area contributed by atoms with Crippen molar-refractivity contribution in [3.63, 3.8) is 0 Å². The van der Waals surface area contributed by atoms with Gasteiger partial charge in [-0.3, -0.25) is 0 Å². The highest BCUT2D eigenvalue weighted by molar-refractivity contribution is 9.09. The van der Waals surface area contributed by atoms with Crippen molar-refractivity contribution < 1.29 is 4.74 Å². The van der Waals surface area contributed by atoms with E-state index in [1.54, 1.807) is 6.21 Å². The van der Waals surface area contributed by atoms with Crippen LogP contribution in [0.1, 0.15) is 5.56 Å². The van der Waals surface area contributed by atoms with Gasteiger partial charge in [0.1, 0.15) is 5.75 Å². The number of nitrogens with one attached hydrogen (secondary N) is 1. The van der Waals surface area contributed by atoms with Gasteiger partial charge in [0.2, 0.25) is 5.95 Å². The van der Waals surface area contributed by atoms with Gasteiger partial charge >= 0.3 is 0 Å². The predicted octanol–water partition coefficient (Wildman–Crippen LogP) is 6.17. The van der Waals surface area contributed by atoms with Gasteiger partial charge in [-0.25, -0.2) is 15.4 Å². The number of ether oxygens (including phenoxy) is 1. The van der Waals surface area contributed by atoms with E-state index in [0.717, 1.165) is 38.8 Å². The summed E-state index contributed by atoms with van der Waals surface area (Å²) < 4.78 is 5.55. The van der Waals surface area contributed by atoms with Crippen molar-refractivity contribution in [2.45, 2.75) is 0 Å². The summed E-state index contributed by atoms with van der Waals surface area (Å²) in [6.45, 7) is 0.628. The second-order valence-electron chi connectivity index (χ2n) is 6.40. The largest absolute Gasteiger partial charge is 0.493 e. The molecule has 0 amide bonds. The Hall–Kier alpha value is -2.96. The fourth-order valence-electron chi connectivity index (χ4n) is 2.94.